The number of hydrogen-bond donors (Lipinski definition) is 1. The third kappa shape index (κ3) is 3.66. The van der Waals surface area contributed by atoms with Gasteiger partial charge in [0.2, 0.25) is 0 Å². The Morgan fingerprint density at radius 3 is 2.57 bits per heavy atom. The van der Waals surface area contributed by atoms with Gasteiger partial charge in [-0.15, -0.1) is 0 Å². The van der Waals surface area contributed by atoms with E-state index in [9.17, 15) is 5.11 Å². The number of hydrogen-bond acceptors (Lipinski definition) is 2. The van der Waals surface area contributed by atoms with Gasteiger partial charge in [0.1, 0.15) is 0 Å². The van der Waals surface area contributed by atoms with Crippen LogP contribution in [0.2, 0.25) is 5.02 Å². The van der Waals surface area contributed by atoms with Crippen LogP contribution in [0.3, 0.4) is 0 Å². The summed E-state index contributed by atoms with van der Waals surface area (Å²) < 4.78 is 2.09. The summed E-state index contributed by atoms with van der Waals surface area (Å²) in [7, 11) is 0. The number of nitrogens with zero attached hydrogens (tertiary/aromatic N) is 2. The largest absolute Gasteiger partial charge is 0.388 e. The first-order chi connectivity index (χ1) is 10.2. The molecule has 1 saturated carbocycles. The fourth-order valence-electron chi connectivity index (χ4n) is 3.04. The van der Waals surface area contributed by atoms with Crippen molar-refractivity contribution in [2.75, 3.05) is 0 Å². The fraction of sp³-hybridized carbons (Fsp3) is 0.471. The van der Waals surface area contributed by atoms with Gasteiger partial charge in [-0.25, -0.2) is 0 Å². The van der Waals surface area contributed by atoms with Gasteiger partial charge in [-0.1, -0.05) is 43.0 Å². The molecule has 1 heterocycles. The molecule has 21 heavy (non-hydrogen) atoms. The minimum Gasteiger partial charge on any atom is -0.388 e. The van der Waals surface area contributed by atoms with Gasteiger partial charge in [0.05, 0.1) is 17.8 Å². The van der Waals surface area contributed by atoms with E-state index in [1.54, 1.807) is 12.1 Å². The Morgan fingerprint density at radius 1 is 1.14 bits per heavy atom. The lowest BCUT2D eigenvalue weighted by molar-refractivity contribution is 0.176. The maximum atomic E-state index is 10.3. The van der Waals surface area contributed by atoms with Crippen molar-refractivity contribution < 1.29 is 5.11 Å². The first-order valence-corrected chi connectivity index (χ1v) is 8.08. The molecule has 112 valence electrons. The van der Waals surface area contributed by atoms with Crippen LogP contribution in [0.15, 0.2) is 36.5 Å². The van der Waals surface area contributed by atoms with Crippen LogP contribution in [0, 0.1) is 0 Å². The molecule has 1 aromatic carbocycles. The zero-order valence-electron chi connectivity index (χ0n) is 12.1. The Hall–Kier alpha value is -1.32. The molecule has 0 aliphatic heterocycles. The highest BCUT2D eigenvalue weighted by molar-refractivity contribution is 6.30. The molecular weight excluding hydrogens is 284 g/mol. The van der Waals surface area contributed by atoms with E-state index in [1.165, 1.54) is 32.1 Å². The second-order valence-corrected chi connectivity index (χ2v) is 6.29. The second-order valence-electron chi connectivity index (χ2n) is 5.85. The highest BCUT2D eigenvalue weighted by atomic mass is 35.5. The third-order valence-corrected chi connectivity index (χ3v) is 4.52. The molecule has 1 atom stereocenters. The van der Waals surface area contributed by atoms with Crippen molar-refractivity contribution in [3.8, 4) is 0 Å². The van der Waals surface area contributed by atoms with Crippen LogP contribution in [-0.2, 0) is 6.42 Å². The molecule has 0 saturated heterocycles. The van der Waals surface area contributed by atoms with E-state index in [-0.39, 0.29) is 0 Å². The Kier molecular flexibility index (Phi) is 4.61. The van der Waals surface area contributed by atoms with Crippen molar-refractivity contribution in [2.45, 2.75) is 50.7 Å². The lowest BCUT2D eigenvalue weighted by atomic mass is 9.96. The molecule has 1 aromatic heterocycles. The standard InChI is InChI=1S/C17H21ClN2O/c18-14-8-6-13(7-9-14)17(21)12-15-10-11-20(19-15)16-4-2-1-3-5-16/h6-11,16-17,21H,1-5,12H2. The number of halogens is 1. The van der Waals surface area contributed by atoms with E-state index in [0.29, 0.717) is 17.5 Å². The zero-order valence-corrected chi connectivity index (χ0v) is 12.8. The Bertz CT molecular complexity index is 573. The van der Waals surface area contributed by atoms with Gasteiger partial charge in [0.25, 0.3) is 0 Å². The quantitative estimate of drug-likeness (QED) is 0.913. The van der Waals surface area contributed by atoms with E-state index >= 15 is 0 Å². The van der Waals surface area contributed by atoms with Crippen LogP contribution in [0.4, 0.5) is 0 Å². The van der Waals surface area contributed by atoms with Gasteiger partial charge in [-0.05, 0) is 36.6 Å². The van der Waals surface area contributed by atoms with Crippen molar-refractivity contribution in [1.29, 1.82) is 0 Å². The Balaban J connectivity index is 1.64. The highest BCUT2D eigenvalue weighted by Crippen LogP contribution is 2.28. The van der Waals surface area contributed by atoms with Gasteiger partial charge in [0.15, 0.2) is 0 Å². The Labute approximate surface area is 130 Å². The molecule has 0 amide bonds. The first kappa shape index (κ1) is 14.6. The van der Waals surface area contributed by atoms with E-state index in [0.717, 1.165) is 11.3 Å². The van der Waals surface area contributed by atoms with E-state index in [4.69, 9.17) is 11.6 Å². The smallest absolute Gasteiger partial charge is 0.0846 e. The molecule has 1 unspecified atom stereocenters. The number of aromatic nitrogens is 2. The Morgan fingerprint density at radius 2 is 1.86 bits per heavy atom. The molecular formula is C17H21ClN2O. The molecule has 1 aliphatic carbocycles. The number of aliphatic hydroxyl groups is 1. The van der Waals surface area contributed by atoms with E-state index in [2.05, 4.69) is 16.0 Å². The van der Waals surface area contributed by atoms with Crippen molar-refractivity contribution in [1.82, 2.24) is 9.78 Å². The summed E-state index contributed by atoms with van der Waals surface area (Å²) in [5.74, 6) is 0. The van der Waals surface area contributed by atoms with Gasteiger partial charge in [-0.3, -0.25) is 4.68 Å². The number of aliphatic hydroxyl groups excluding tert-OH is 1. The molecule has 0 spiro atoms. The molecule has 3 nitrogen and oxygen atoms in total. The maximum absolute atomic E-state index is 10.3. The van der Waals surface area contributed by atoms with Crippen molar-refractivity contribution in [3.05, 3.63) is 52.8 Å². The lowest BCUT2D eigenvalue weighted by Crippen LogP contribution is -2.13. The molecule has 1 fully saturated rings. The van der Waals surface area contributed by atoms with Crippen LogP contribution >= 0.6 is 11.6 Å². The molecule has 2 aromatic rings. The molecule has 4 heteroatoms. The molecule has 3 rings (SSSR count). The topological polar surface area (TPSA) is 38.0 Å². The summed E-state index contributed by atoms with van der Waals surface area (Å²) in [6.07, 6.45) is 8.46. The third-order valence-electron chi connectivity index (χ3n) is 4.27. The zero-order chi connectivity index (χ0) is 14.7. The first-order valence-electron chi connectivity index (χ1n) is 7.70. The van der Waals surface area contributed by atoms with Crippen LogP contribution in [0.5, 0.6) is 0 Å². The van der Waals surface area contributed by atoms with Crippen LogP contribution < -0.4 is 0 Å². The van der Waals surface area contributed by atoms with Crippen LogP contribution in [-0.4, -0.2) is 14.9 Å². The van der Waals surface area contributed by atoms with E-state index in [1.807, 2.05) is 18.2 Å². The molecule has 1 aliphatic rings. The highest BCUT2D eigenvalue weighted by Gasteiger charge is 2.17. The van der Waals surface area contributed by atoms with Gasteiger partial charge < -0.3 is 5.11 Å². The van der Waals surface area contributed by atoms with Gasteiger partial charge in [-0.2, -0.15) is 5.10 Å². The number of benzene rings is 1. The van der Waals surface area contributed by atoms with Crippen LogP contribution in [0.25, 0.3) is 0 Å². The molecule has 0 bridgehead atoms. The summed E-state index contributed by atoms with van der Waals surface area (Å²) in [5, 5.41) is 15.6. The molecule has 0 radical (unpaired) electrons. The predicted molar refractivity (Wildman–Crippen MR) is 84.5 cm³/mol. The lowest BCUT2D eigenvalue weighted by Gasteiger charge is -2.21. The van der Waals surface area contributed by atoms with Crippen molar-refractivity contribution in [2.24, 2.45) is 0 Å². The van der Waals surface area contributed by atoms with E-state index < -0.39 is 6.10 Å². The monoisotopic (exact) mass is 304 g/mol. The minimum atomic E-state index is -0.531. The summed E-state index contributed by atoms with van der Waals surface area (Å²) in [6.45, 7) is 0. The average molecular weight is 305 g/mol. The second kappa shape index (κ2) is 6.63. The summed E-state index contributed by atoms with van der Waals surface area (Å²) in [5.41, 5.74) is 1.83. The predicted octanol–water partition coefficient (Wildman–Crippen LogP) is 4.32. The number of rotatable bonds is 4. The van der Waals surface area contributed by atoms with Crippen molar-refractivity contribution in [3.63, 3.8) is 0 Å². The fourth-order valence-corrected chi connectivity index (χ4v) is 3.16. The van der Waals surface area contributed by atoms with Crippen LogP contribution in [0.1, 0.15) is 55.5 Å². The minimum absolute atomic E-state index is 0.531. The summed E-state index contributed by atoms with van der Waals surface area (Å²) in [6, 6.07) is 9.91. The van der Waals surface area contributed by atoms with Crippen molar-refractivity contribution >= 4 is 11.6 Å². The maximum Gasteiger partial charge on any atom is 0.0846 e. The summed E-state index contributed by atoms with van der Waals surface area (Å²) >= 11 is 5.87. The molecule has 1 N–H and O–H groups in total. The van der Waals surface area contributed by atoms with Gasteiger partial charge >= 0.3 is 0 Å². The normalized spacial score (nSPS) is 17.8. The summed E-state index contributed by atoms with van der Waals surface area (Å²) in [4.78, 5) is 0. The SMILES string of the molecule is OC(Cc1ccn(C2CCCCC2)n1)c1ccc(Cl)cc1. The average Bonchev–Trinajstić information content (AvgIpc) is 2.97. The van der Waals surface area contributed by atoms with Gasteiger partial charge in [0, 0.05) is 17.6 Å².